The van der Waals surface area contributed by atoms with E-state index in [1.54, 1.807) is 0 Å². The van der Waals surface area contributed by atoms with E-state index >= 15 is 0 Å². The number of hydrogen-bond acceptors (Lipinski definition) is 4. The molecule has 8 heteroatoms. The Bertz CT molecular complexity index is 678. The number of carbonyl (C=O) groups is 1. The van der Waals surface area contributed by atoms with Crippen LogP contribution in [0.2, 0.25) is 0 Å². The highest BCUT2D eigenvalue weighted by Crippen LogP contribution is 2.22. The molecule has 1 amide bonds. The van der Waals surface area contributed by atoms with Gasteiger partial charge in [-0.25, -0.2) is 17.2 Å². The van der Waals surface area contributed by atoms with Crippen molar-refractivity contribution in [1.82, 2.24) is 4.90 Å². The van der Waals surface area contributed by atoms with Crippen molar-refractivity contribution < 1.29 is 26.7 Å². The van der Waals surface area contributed by atoms with Gasteiger partial charge in [-0.15, -0.1) is 0 Å². The first-order valence-corrected chi connectivity index (χ1v) is 9.11. The molecule has 0 bridgehead atoms. The van der Waals surface area contributed by atoms with Gasteiger partial charge < -0.3 is 9.64 Å². The number of hydrogen-bond donors (Lipinski definition) is 0. The van der Waals surface area contributed by atoms with E-state index in [9.17, 15) is 22.0 Å². The number of carbonyl (C=O) groups excluding carboxylic acids is 1. The Morgan fingerprint density at radius 1 is 1.39 bits per heavy atom. The van der Waals surface area contributed by atoms with Gasteiger partial charge >= 0.3 is 0 Å². The standard InChI is InChI=1S/C15H19F2NO4S/c1-22-7-2-6-18(12-5-8-23(20,21)10-12)15(19)13-9-11(16)3-4-14(13)17/h3-4,9,12H,2,5-8,10H2,1H3. The zero-order valence-electron chi connectivity index (χ0n) is 12.8. The average molecular weight is 347 g/mol. The normalized spacial score (nSPS) is 19.7. The van der Waals surface area contributed by atoms with Crippen molar-refractivity contribution in [2.24, 2.45) is 0 Å². The van der Waals surface area contributed by atoms with E-state index < -0.39 is 33.4 Å². The van der Waals surface area contributed by atoms with Gasteiger partial charge in [0.05, 0.1) is 17.1 Å². The maximum atomic E-state index is 13.9. The van der Waals surface area contributed by atoms with Gasteiger partial charge in [0.2, 0.25) is 0 Å². The van der Waals surface area contributed by atoms with Gasteiger partial charge in [-0.1, -0.05) is 0 Å². The topological polar surface area (TPSA) is 63.7 Å². The van der Waals surface area contributed by atoms with Crippen LogP contribution in [0.3, 0.4) is 0 Å². The lowest BCUT2D eigenvalue weighted by molar-refractivity contribution is 0.0669. The van der Waals surface area contributed by atoms with Gasteiger partial charge in [-0.2, -0.15) is 0 Å². The van der Waals surface area contributed by atoms with Crippen molar-refractivity contribution in [1.29, 1.82) is 0 Å². The highest BCUT2D eigenvalue weighted by molar-refractivity contribution is 7.91. The van der Waals surface area contributed by atoms with Gasteiger partial charge in [0.25, 0.3) is 5.91 Å². The summed E-state index contributed by atoms with van der Waals surface area (Å²) in [5, 5.41) is 0. The van der Waals surface area contributed by atoms with Crippen LogP contribution in [-0.4, -0.2) is 57.0 Å². The third-order valence-corrected chi connectivity index (χ3v) is 5.57. The summed E-state index contributed by atoms with van der Waals surface area (Å²) in [6.07, 6.45) is 0.785. The molecule has 1 saturated heterocycles. The van der Waals surface area contributed by atoms with Crippen molar-refractivity contribution >= 4 is 15.7 Å². The van der Waals surface area contributed by atoms with Gasteiger partial charge in [0.15, 0.2) is 9.84 Å². The number of rotatable bonds is 6. The minimum atomic E-state index is -3.20. The molecule has 0 radical (unpaired) electrons. The lowest BCUT2D eigenvalue weighted by Gasteiger charge is -2.28. The average Bonchev–Trinajstić information content (AvgIpc) is 2.85. The third kappa shape index (κ3) is 4.48. The molecule has 1 aromatic carbocycles. The fraction of sp³-hybridized carbons (Fsp3) is 0.533. The number of methoxy groups -OCH3 is 1. The highest BCUT2D eigenvalue weighted by atomic mass is 32.2. The van der Waals surface area contributed by atoms with Crippen LogP contribution >= 0.6 is 0 Å². The second-order valence-corrected chi connectivity index (χ2v) is 7.75. The monoisotopic (exact) mass is 347 g/mol. The number of sulfone groups is 1. The summed E-state index contributed by atoms with van der Waals surface area (Å²) >= 11 is 0. The fourth-order valence-electron chi connectivity index (χ4n) is 2.67. The third-order valence-electron chi connectivity index (χ3n) is 3.82. The van der Waals surface area contributed by atoms with Gasteiger partial charge in [0, 0.05) is 26.3 Å². The summed E-state index contributed by atoms with van der Waals surface area (Å²) < 4.78 is 55.4. The molecule has 1 fully saturated rings. The molecule has 0 N–H and O–H groups in total. The molecule has 5 nitrogen and oxygen atoms in total. The number of halogens is 2. The molecule has 1 heterocycles. The van der Waals surface area contributed by atoms with E-state index in [4.69, 9.17) is 4.74 Å². The molecule has 128 valence electrons. The van der Waals surface area contributed by atoms with Crippen molar-refractivity contribution in [3.05, 3.63) is 35.4 Å². The Hall–Kier alpha value is -1.54. The molecule has 0 saturated carbocycles. The smallest absolute Gasteiger partial charge is 0.257 e. The number of ether oxygens (including phenoxy) is 1. The fourth-order valence-corrected chi connectivity index (χ4v) is 4.40. The molecule has 23 heavy (non-hydrogen) atoms. The minimum Gasteiger partial charge on any atom is -0.385 e. The Morgan fingerprint density at radius 3 is 2.74 bits per heavy atom. The zero-order chi connectivity index (χ0) is 17.0. The first-order valence-electron chi connectivity index (χ1n) is 7.29. The minimum absolute atomic E-state index is 0.00262. The highest BCUT2D eigenvalue weighted by Gasteiger charge is 2.35. The molecule has 0 aromatic heterocycles. The summed E-state index contributed by atoms with van der Waals surface area (Å²) in [4.78, 5) is 13.9. The Kier molecular flexibility index (Phi) is 5.69. The van der Waals surface area contributed by atoms with Gasteiger partial charge in [-0.05, 0) is 31.0 Å². The number of benzene rings is 1. The van der Waals surface area contributed by atoms with Crippen LogP contribution < -0.4 is 0 Å². The Labute approximate surface area is 134 Å². The van der Waals surface area contributed by atoms with Crippen molar-refractivity contribution in [2.45, 2.75) is 18.9 Å². The molecule has 1 aliphatic rings. The van der Waals surface area contributed by atoms with E-state index in [1.165, 1.54) is 12.0 Å². The number of amides is 1. The van der Waals surface area contributed by atoms with Crippen LogP contribution in [0.1, 0.15) is 23.2 Å². The first kappa shape index (κ1) is 17.8. The Morgan fingerprint density at radius 2 is 2.13 bits per heavy atom. The molecule has 1 unspecified atom stereocenters. The largest absolute Gasteiger partial charge is 0.385 e. The van der Waals surface area contributed by atoms with Gasteiger partial charge in [-0.3, -0.25) is 4.79 Å². The maximum Gasteiger partial charge on any atom is 0.257 e. The van der Waals surface area contributed by atoms with Crippen LogP contribution in [0.15, 0.2) is 18.2 Å². The van der Waals surface area contributed by atoms with E-state index in [-0.39, 0.29) is 23.6 Å². The quantitative estimate of drug-likeness (QED) is 0.734. The van der Waals surface area contributed by atoms with Crippen molar-refractivity contribution in [3.63, 3.8) is 0 Å². The zero-order valence-corrected chi connectivity index (χ0v) is 13.6. The second kappa shape index (κ2) is 7.35. The first-order chi connectivity index (χ1) is 10.8. The molecule has 1 aliphatic heterocycles. The number of nitrogens with zero attached hydrogens (tertiary/aromatic N) is 1. The molecule has 2 rings (SSSR count). The summed E-state index contributed by atoms with van der Waals surface area (Å²) in [6.45, 7) is 0.609. The van der Waals surface area contributed by atoms with Crippen molar-refractivity contribution in [3.8, 4) is 0 Å². The molecular formula is C15H19F2NO4S. The van der Waals surface area contributed by atoms with E-state index in [0.29, 0.717) is 19.4 Å². The molecule has 1 atom stereocenters. The summed E-state index contributed by atoms with van der Waals surface area (Å²) in [5.74, 6) is -2.39. The molecule has 1 aromatic rings. The maximum absolute atomic E-state index is 13.9. The van der Waals surface area contributed by atoms with E-state index in [1.807, 2.05) is 0 Å². The van der Waals surface area contributed by atoms with E-state index in [2.05, 4.69) is 0 Å². The van der Waals surface area contributed by atoms with Crippen LogP contribution in [0.25, 0.3) is 0 Å². The lowest BCUT2D eigenvalue weighted by atomic mass is 10.1. The Balaban J connectivity index is 2.25. The molecule has 0 aliphatic carbocycles. The summed E-state index contributed by atoms with van der Waals surface area (Å²) in [6, 6.07) is 2.14. The van der Waals surface area contributed by atoms with Crippen LogP contribution in [0, 0.1) is 11.6 Å². The van der Waals surface area contributed by atoms with Crippen LogP contribution in [0.5, 0.6) is 0 Å². The van der Waals surface area contributed by atoms with Crippen molar-refractivity contribution in [2.75, 3.05) is 31.8 Å². The van der Waals surface area contributed by atoms with E-state index in [0.717, 1.165) is 18.2 Å². The summed E-state index contributed by atoms with van der Waals surface area (Å²) in [5.41, 5.74) is -0.383. The van der Waals surface area contributed by atoms with Crippen LogP contribution in [-0.2, 0) is 14.6 Å². The summed E-state index contributed by atoms with van der Waals surface area (Å²) in [7, 11) is -1.69. The predicted molar refractivity (Wildman–Crippen MR) is 80.9 cm³/mol. The SMILES string of the molecule is COCCCN(C(=O)c1cc(F)ccc1F)C1CCS(=O)(=O)C1. The lowest BCUT2D eigenvalue weighted by Crippen LogP contribution is -2.42. The second-order valence-electron chi connectivity index (χ2n) is 5.53. The van der Waals surface area contributed by atoms with Crippen LogP contribution in [0.4, 0.5) is 8.78 Å². The predicted octanol–water partition coefficient (Wildman–Crippen LogP) is 1.63. The van der Waals surface area contributed by atoms with Gasteiger partial charge in [0.1, 0.15) is 11.6 Å². The molecule has 0 spiro atoms. The molecular weight excluding hydrogens is 328 g/mol.